The quantitative estimate of drug-likeness (QED) is 0.741. The topological polar surface area (TPSA) is 38.1 Å². The molecule has 3 aromatic rings. The fraction of sp³-hybridized carbons (Fsp3) is 0.263. The molecule has 1 fully saturated rings. The maximum Gasteiger partial charge on any atom is 0.242 e. The number of hydrogen-bond acceptors (Lipinski definition) is 2. The summed E-state index contributed by atoms with van der Waals surface area (Å²) in [6.07, 6.45) is 2.88. The van der Waals surface area contributed by atoms with E-state index < -0.39 is 0 Å². The molecule has 24 heavy (non-hydrogen) atoms. The number of hydrogen-bond donors (Lipinski definition) is 0. The summed E-state index contributed by atoms with van der Waals surface area (Å²) in [5, 5.41) is 0. The van der Waals surface area contributed by atoms with Crippen LogP contribution in [0, 0.1) is 12.7 Å². The van der Waals surface area contributed by atoms with Gasteiger partial charge in [0.1, 0.15) is 12.4 Å². The van der Waals surface area contributed by atoms with Gasteiger partial charge in [0.2, 0.25) is 5.91 Å². The van der Waals surface area contributed by atoms with Crippen molar-refractivity contribution in [3.05, 3.63) is 54.1 Å². The molecule has 3 heterocycles. The van der Waals surface area contributed by atoms with Crippen LogP contribution in [0.1, 0.15) is 12.1 Å². The number of amides is 1. The fourth-order valence-corrected chi connectivity index (χ4v) is 3.07. The second-order valence-electron chi connectivity index (χ2n) is 6.24. The molecule has 2 aromatic heterocycles. The van der Waals surface area contributed by atoms with Crippen molar-refractivity contribution in [2.24, 2.45) is 0 Å². The number of pyridine rings is 1. The summed E-state index contributed by atoms with van der Waals surface area (Å²) < 4.78 is 15.1. The van der Waals surface area contributed by atoms with Crippen LogP contribution < -0.4 is 0 Å². The van der Waals surface area contributed by atoms with Crippen LogP contribution in [0.3, 0.4) is 0 Å². The predicted molar refractivity (Wildman–Crippen MR) is 91.1 cm³/mol. The highest BCUT2D eigenvalue weighted by atomic mass is 19.1. The molecule has 0 bridgehead atoms. The van der Waals surface area contributed by atoms with Gasteiger partial charge in [-0.25, -0.2) is 4.39 Å². The summed E-state index contributed by atoms with van der Waals surface area (Å²) in [5.41, 5.74) is 4.64. The minimum Gasteiger partial charge on any atom is -0.341 e. The van der Waals surface area contributed by atoms with Gasteiger partial charge >= 0.3 is 0 Å². The first kappa shape index (κ1) is 14.9. The molecular weight excluding hydrogens is 305 g/mol. The normalized spacial score (nSPS) is 14.0. The summed E-state index contributed by atoms with van der Waals surface area (Å²) in [4.78, 5) is 18.7. The highest BCUT2D eigenvalue weighted by Gasteiger charge is 2.21. The molecule has 1 saturated heterocycles. The van der Waals surface area contributed by atoms with Gasteiger partial charge in [-0.1, -0.05) is 12.1 Å². The Balaban J connectivity index is 1.73. The highest BCUT2D eigenvalue weighted by molar-refractivity contribution is 5.85. The molecule has 0 atom stereocenters. The zero-order chi connectivity index (χ0) is 16.7. The van der Waals surface area contributed by atoms with Gasteiger partial charge in [-0.3, -0.25) is 9.78 Å². The van der Waals surface area contributed by atoms with Crippen LogP contribution >= 0.6 is 0 Å². The van der Waals surface area contributed by atoms with E-state index in [0.717, 1.165) is 47.4 Å². The van der Waals surface area contributed by atoms with Gasteiger partial charge in [-0.05, 0) is 43.2 Å². The average Bonchev–Trinajstić information content (AvgIpc) is 2.82. The van der Waals surface area contributed by atoms with E-state index in [4.69, 9.17) is 0 Å². The van der Waals surface area contributed by atoms with Crippen molar-refractivity contribution in [3.8, 4) is 11.1 Å². The molecule has 0 aliphatic carbocycles. The van der Waals surface area contributed by atoms with E-state index in [1.54, 1.807) is 18.3 Å². The molecule has 1 aliphatic heterocycles. The van der Waals surface area contributed by atoms with Gasteiger partial charge in [-0.15, -0.1) is 0 Å². The molecule has 0 radical (unpaired) electrons. The molecule has 0 N–H and O–H groups in total. The van der Waals surface area contributed by atoms with Crippen molar-refractivity contribution in [2.45, 2.75) is 19.9 Å². The van der Waals surface area contributed by atoms with E-state index in [0.29, 0.717) is 6.54 Å². The largest absolute Gasteiger partial charge is 0.341 e. The third-order valence-corrected chi connectivity index (χ3v) is 4.64. The summed E-state index contributed by atoms with van der Waals surface area (Å²) in [6.45, 7) is 4.04. The Morgan fingerprint density at radius 2 is 1.92 bits per heavy atom. The van der Waals surface area contributed by atoms with Crippen molar-refractivity contribution in [3.63, 3.8) is 0 Å². The number of aromatic nitrogens is 2. The number of carbonyl (C=O) groups excluding carboxylic acids is 1. The van der Waals surface area contributed by atoms with E-state index in [1.807, 2.05) is 28.5 Å². The smallest absolute Gasteiger partial charge is 0.242 e. The number of fused-ring (bicyclic) bond motifs is 1. The van der Waals surface area contributed by atoms with Crippen LogP contribution in [0.4, 0.5) is 4.39 Å². The summed E-state index contributed by atoms with van der Waals surface area (Å²) in [7, 11) is 0. The Morgan fingerprint density at radius 1 is 1.17 bits per heavy atom. The maximum atomic E-state index is 13.1. The number of carbonyl (C=O) groups is 1. The Bertz CT molecular complexity index is 910. The first-order chi connectivity index (χ1) is 11.6. The molecule has 0 saturated carbocycles. The van der Waals surface area contributed by atoms with E-state index in [1.165, 1.54) is 12.1 Å². The molecule has 4 rings (SSSR count). The zero-order valence-electron chi connectivity index (χ0n) is 13.5. The minimum absolute atomic E-state index is 0.147. The van der Waals surface area contributed by atoms with E-state index in [-0.39, 0.29) is 11.7 Å². The number of nitrogens with zero attached hydrogens (tertiary/aromatic N) is 3. The van der Waals surface area contributed by atoms with Gasteiger partial charge in [0.25, 0.3) is 0 Å². The summed E-state index contributed by atoms with van der Waals surface area (Å²) in [6, 6.07) is 10.4. The molecule has 122 valence electrons. The van der Waals surface area contributed by atoms with Crippen molar-refractivity contribution in [2.75, 3.05) is 13.1 Å². The third kappa shape index (κ3) is 2.56. The second-order valence-corrected chi connectivity index (χ2v) is 6.24. The average molecular weight is 323 g/mol. The summed E-state index contributed by atoms with van der Waals surface area (Å²) >= 11 is 0. The number of rotatable bonds is 3. The van der Waals surface area contributed by atoms with Gasteiger partial charge in [0.15, 0.2) is 0 Å². The van der Waals surface area contributed by atoms with Crippen LogP contribution in [0.15, 0.2) is 42.6 Å². The molecule has 0 unspecified atom stereocenters. The first-order valence-corrected chi connectivity index (χ1v) is 8.11. The summed E-state index contributed by atoms with van der Waals surface area (Å²) in [5.74, 6) is -0.110. The van der Waals surface area contributed by atoms with Gasteiger partial charge in [-0.2, -0.15) is 0 Å². The SMILES string of the molecule is Cc1cc2ncc(-c3ccc(F)cc3)cc2n1CC(=O)N1CCC1. The van der Waals surface area contributed by atoms with Crippen molar-refractivity contribution in [1.29, 1.82) is 0 Å². The Labute approximate surface area is 139 Å². The van der Waals surface area contributed by atoms with Gasteiger partial charge in [0.05, 0.1) is 11.0 Å². The van der Waals surface area contributed by atoms with Crippen LogP contribution in [-0.2, 0) is 11.3 Å². The third-order valence-electron chi connectivity index (χ3n) is 4.64. The lowest BCUT2D eigenvalue weighted by Crippen LogP contribution is -2.43. The van der Waals surface area contributed by atoms with E-state index in [9.17, 15) is 9.18 Å². The van der Waals surface area contributed by atoms with Gasteiger partial charge < -0.3 is 9.47 Å². The second kappa shape index (κ2) is 5.74. The number of likely N-dealkylation sites (tertiary alicyclic amines) is 1. The minimum atomic E-state index is -0.257. The molecule has 5 heteroatoms. The van der Waals surface area contributed by atoms with E-state index >= 15 is 0 Å². The monoisotopic (exact) mass is 323 g/mol. The maximum absolute atomic E-state index is 13.1. The van der Waals surface area contributed by atoms with Crippen LogP contribution in [0.25, 0.3) is 22.2 Å². The Kier molecular flexibility index (Phi) is 3.56. The fourth-order valence-electron chi connectivity index (χ4n) is 3.07. The first-order valence-electron chi connectivity index (χ1n) is 8.11. The number of aryl methyl sites for hydroxylation is 1. The Hall–Kier alpha value is -2.69. The predicted octanol–water partition coefficient (Wildman–Crippen LogP) is 3.38. The lowest BCUT2D eigenvalue weighted by atomic mass is 10.1. The van der Waals surface area contributed by atoms with Gasteiger partial charge in [0, 0.05) is 30.5 Å². The van der Waals surface area contributed by atoms with Crippen LogP contribution in [0.5, 0.6) is 0 Å². The molecular formula is C19H18FN3O. The number of benzene rings is 1. The highest BCUT2D eigenvalue weighted by Crippen LogP contribution is 2.25. The lowest BCUT2D eigenvalue weighted by molar-refractivity contribution is -0.135. The van der Waals surface area contributed by atoms with Crippen molar-refractivity contribution in [1.82, 2.24) is 14.5 Å². The molecule has 4 nitrogen and oxygen atoms in total. The van der Waals surface area contributed by atoms with Crippen LogP contribution in [0.2, 0.25) is 0 Å². The van der Waals surface area contributed by atoms with Crippen LogP contribution in [-0.4, -0.2) is 33.4 Å². The molecule has 1 aromatic carbocycles. The standard InChI is InChI=1S/C19H18FN3O/c1-13-9-17-18(23(13)12-19(24)22-7-2-8-22)10-15(11-21-17)14-3-5-16(20)6-4-14/h3-6,9-11H,2,7-8,12H2,1H3. The number of halogens is 1. The molecule has 1 amide bonds. The van der Waals surface area contributed by atoms with Crippen molar-refractivity contribution < 1.29 is 9.18 Å². The van der Waals surface area contributed by atoms with E-state index in [2.05, 4.69) is 4.98 Å². The lowest BCUT2D eigenvalue weighted by Gasteiger charge is -2.31. The zero-order valence-corrected chi connectivity index (χ0v) is 13.5. The molecule has 1 aliphatic rings. The Morgan fingerprint density at radius 3 is 2.58 bits per heavy atom. The van der Waals surface area contributed by atoms with Crippen molar-refractivity contribution >= 4 is 16.9 Å². The molecule has 0 spiro atoms.